The molecule has 3 heteroatoms. The SMILES string of the molecule is OCC(O)C1CCCNC1. The second-order valence-electron chi connectivity index (χ2n) is 2.86. The van der Waals surface area contributed by atoms with Crippen molar-refractivity contribution in [1.29, 1.82) is 0 Å². The summed E-state index contributed by atoms with van der Waals surface area (Å²) in [5.74, 6) is 0.263. The molecule has 10 heavy (non-hydrogen) atoms. The third-order valence-corrected chi connectivity index (χ3v) is 2.07. The Balaban J connectivity index is 2.24. The van der Waals surface area contributed by atoms with Crippen molar-refractivity contribution in [2.24, 2.45) is 5.92 Å². The molecule has 1 rings (SSSR count). The van der Waals surface area contributed by atoms with Gasteiger partial charge in [0, 0.05) is 6.54 Å². The zero-order chi connectivity index (χ0) is 7.40. The van der Waals surface area contributed by atoms with Gasteiger partial charge < -0.3 is 15.5 Å². The van der Waals surface area contributed by atoms with Crippen molar-refractivity contribution < 1.29 is 10.2 Å². The molecule has 0 aliphatic carbocycles. The van der Waals surface area contributed by atoms with E-state index in [1.165, 1.54) is 0 Å². The maximum atomic E-state index is 9.19. The lowest BCUT2D eigenvalue weighted by Gasteiger charge is -2.25. The number of hydrogen-bond donors (Lipinski definition) is 3. The van der Waals surface area contributed by atoms with Crippen LogP contribution in [-0.2, 0) is 0 Å². The smallest absolute Gasteiger partial charge is 0.0811 e. The Bertz CT molecular complexity index is 91.6. The van der Waals surface area contributed by atoms with E-state index in [1.54, 1.807) is 0 Å². The lowest BCUT2D eigenvalue weighted by Crippen LogP contribution is -2.38. The van der Waals surface area contributed by atoms with Gasteiger partial charge in [-0.3, -0.25) is 0 Å². The normalized spacial score (nSPS) is 30.0. The van der Waals surface area contributed by atoms with Crippen LogP contribution in [0, 0.1) is 5.92 Å². The Labute approximate surface area is 61.1 Å². The molecule has 1 saturated heterocycles. The Morgan fingerprint density at radius 1 is 1.60 bits per heavy atom. The van der Waals surface area contributed by atoms with E-state index in [1.807, 2.05) is 0 Å². The summed E-state index contributed by atoms with van der Waals surface area (Å²) in [6.07, 6.45) is 1.63. The topological polar surface area (TPSA) is 52.5 Å². The number of hydrogen-bond acceptors (Lipinski definition) is 3. The van der Waals surface area contributed by atoms with Crippen LogP contribution in [0.5, 0.6) is 0 Å². The summed E-state index contributed by atoms with van der Waals surface area (Å²) in [7, 11) is 0. The standard InChI is InChI=1S/C7H15NO2/c9-5-7(10)6-2-1-3-8-4-6/h6-10H,1-5H2. The van der Waals surface area contributed by atoms with Crippen LogP contribution >= 0.6 is 0 Å². The molecule has 3 nitrogen and oxygen atoms in total. The van der Waals surface area contributed by atoms with Gasteiger partial charge in [0.05, 0.1) is 12.7 Å². The van der Waals surface area contributed by atoms with Crippen LogP contribution in [0.3, 0.4) is 0 Å². The van der Waals surface area contributed by atoms with Crippen LogP contribution in [0.15, 0.2) is 0 Å². The molecule has 0 radical (unpaired) electrons. The highest BCUT2D eigenvalue weighted by Gasteiger charge is 2.19. The largest absolute Gasteiger partial charge is 0.394 e. The first-order valence-corrected chi connectivity index (χ1v) is 3.84. The first kappa shape index (κ1) is 7.98. The fraction of sp³-hybridized carbons (Fsp3) is 1.00. The van der Waals surface area contributed by atoms with Gasteiger partial charge in [-0.25, -0.2) is 0 Å². The van der Waals surface area contributed by atoms with E-state index in [2.05, 4.69) is 5.32 Å². The van der Waals surface area contributed by atoms with Crippen LogP contribution in [0.2, 0.25) is 0 Å². The molecule has 0 aromatic rings. The highest BCUT2D eigenvalue weighted by atomic mass is 16.3. The van der Waals surface area contributed by atoms with E-state index in [0.29, 0.717) is 0 Å². The summed E-state index contributed by atoms with van der Waals surface area (Å²) >= 11 is 0. The number of aliphatic hydroxyl groups excluding tert-OH is 2. The van der Waals surface area contributed by atoms with Gasteiger partial charge in [-0.2, -0.15) is 0 Å². The summed E-state index contributed by atoms with van der Waals surface area (Å²) < 4.78 is 0. The summed E-state index contributed by atoms with van der Waals surface area (Å²) in [5, 5.41) is 21.0. The molecule has 2 atom stereocenters. The van der Waals surface area contributed by atoms with Crippen molar-refractivity contribution in [3.05, 3.63) is 0 Å². The van der Waals surface area contributed by atoms with Gasteiger partial charge in [0.1, 0.15) is 0 Å². The quantitative estimate of drug-likeness (QED) is 0.483. The second-order valence-corrected chi connectivity index (χ2v) is 2.86. The Kier molecular flexibility index (Phi) is 3.12. The van der Waals surface area contributed by atoms with E-state index in [-0.39, 0.29) is 12.5 Å². The maximum Gasteiger partial charge on any atom is 0.0811 e. The van der Waals surface area contributed by atoms with E-state index in [9.17, 15) is 5.11 Å². The summed E-state index contributed by atoms with van der Waals surface area (Å²) in [5.41, 5.74) is 0. The molecular formula is C7H15NO2. The van der Waals surface area contributed by atoms with E-state index < -0.39 is 6.10 Å². The van der Waals surface area contributed by atoms with Crippen molar-refractivity contribution in [3.8, 4) is 0 Å². The predicted molar refractivity (Wildman–Crippen MR) is 38.7 cm³/mol. The summed E-state index contributed by atoms with van der Waals surface area (Å²) in [6, 6.07) is 0. The first-order chi connectivity index (χ1) is 4.84. The lowest BCUT2D eigenvalue weighted by atomic mass is 9.94. The molecule has 0 bridgehead atoms. The molecule has 1 aliphatic rings. The number of aliphatic hydroxyl groups is 2. The molecule has 2 unspecified atom stereocenters. The van der Waals surface area contributed by atoms with Crippen molar-refractivity contribution in [2.75, 3.05) is 19.7 Å². The third kappa shape index (κ3) is 1.94. The van der Waals surface area contributed by atoms with Gasteiger partial charge in [-0.15, -0.1) is 0 Å². The van der Waals surface area contributed by atoms with Crippen molar-refractivity contribution in [2.45, 2.75) is 18.9 Å². The Hall–Kier alpha value is -0.120. The van der Waals surface area contributed by atoms with Crippen LogP contribution in [0.4, 0.5) is 0 Å². The number of nitrogens with one attached hydrogen (secondary N) is 1. The van der Waals surface area contributed by atoms with E-state index >= 15 is 0 Å². The highest BCUT2D eigenvalue weighted by molar-refractivity contribution is 4.74. The Morgan fingerprint density at radius 2 is 2.40 bits per heavy atom. The van der Waals surface area contributed by atoms with Gasteiger partial charge >= 0.3 is 0 Å². The molecular weight excluding hydrogens is 130 g/mol. The number of piperidine rings is 1. The van der Waals surface area contributed by atoms with Crippen LogP contribution in [0.1, 0.15) is 12.8 Å². The van der Waals surface area contributed by atoms with Crippen LogP contribution in [-0.4, -0.2) is 36.0 Å². The van der Waals surface area contributed by atoms with Gasteiger partial charge in [-0.1, -0.05) is 0 Å². The maximum absolute atomic E-state index is 9.19. The Morgan fingerprint density at radius 3 is 2.90 bits per heavy atom. The van der Waals surface area contributed by atoms with Crippen LogP contribution in [0.25, 0.3) is 0 Å². The average molecular weight is 145 g/mol. The van der Waals surface area contributed by atoms with Gasteiger partial charge in [-0.05, 0) is 25.3 Å². The minimum Gasteiger partial charge on any atom is -0.394 e. The molecule has 1 heterocycles. The van der Waals surface area contributed by atoms with E-state index in [4.69, 9.17) is 5.11 Å². The number of rotatable bonds is 2. The van der Waals surface area contributed by atoms with Crippen molar-refractivity contribution >= 4 is 0 Å². The molecule has 0 aromatic carbocycles. The predicted octanol–water partition coefficient (Wildman–Crippen LogP) is -0.661. The van der Waals surface area contributed by atoms with Gasteiger partial charge in [0.15, 0.2) is 0 Å². The first-order valence-electron chi connectivity index (χ1n) is 3.84. The monoisotopic (exact) mass is 145 g/mol. The molecule has 1 fully saturated rings. The average Bonchev–Trinajstić information content (AvgIpc) is 2.05. The molecule has 60 valence electrons. The zero-order valence-electron chi connectivity index (χ0n) is 6.08. The molecule has 3 N–H and O–H groups in total. The van der Waals surface area contributed by atoms with Crippen LogP contribution < -0.4 is 5.32 Å². The molecule has 0 aromatic heterocycles. The minimum atomic E-state index is -0.521. The summed E-state index contributed by atoms with van der Waals surface area (Å²) in [6.45, 7) is 1.79. The fourth-order valence-electron chi connectivity index (χ4n) is 1.36. The molecule has 0 spiro atoms. The minimum absolute atomic E-state index is 0.105. The zero-order valence-corrected chi connectivity index (χ0v) is 6.08. The van der Waals surface area contributed by atoms with Gasteiger partial charge in [0.2, 0.25) is 0 Å². The van der Waals surface area contributed by atoms with Crippen molar-refractivity contribution in [1.82, 2.24) is 5.32 Å². The second kappa shape index (κ2) is 3.91. The fourth-order valence-corrected chi connectivity index (χ4v) is 1.36. The molecule has 0 amide bonds. The van der Waals surface area contributed by atoms with Crippen molar-refractivity contribution in [3.63, 3.8) is 0 Å². The highest BCUT2D eigenvalue weighted by Crippen LogP contribution is 2.13. The molecule has 1 aliphatic heterocycles. The summed E-state index contributed by atoms with van der Waals surface area (Å²) in [4.78, 5) is 0. The third-order valence-electron chi connectivity index (χ3n) is 2.07. The lowest BCUT2D eigenvalue weighted by molar-refractivity contribution is 0.0377. The van der Waals surface area contributed by atoms with Gasteiger partial charge in [0.25, 0.3) is 0 Å². The molecule has 0 saturated carbocycles. The van der Waals surface area contributed by atoms with E-state index in [0.717, 1.165) is 25.9 Å².